The van der Waals surface area contributed by atoms with E-state index in [0.29, 0.717) is 0 Å². The molecule has 1 rings (SSSR count). The Kier molecular flexibility index (Phi) is 5.09. The largest absolute Gasteiger partial charge is 0.374 e. The monoisotopic (exact) mass is 242 g/mol. The van der Waals surface area contributed by atoms with Crippen LogP contribution in [0.3, 0.4) is 0 Å². The number of halogens is 1. The summed E-state index contributed by atoms with van der Waals surface area (Å²) < 4.78 is 5.64. The third-order valence-corrected chi connectivity index (χ3v) is 2.48. The van der Waals surface area contributed by atoms with E-state index in [2.05, 4.69) is 35.0 Å². The van der Waals surface area contributed by atoms with E-state index in [9.17, 15) is 0 Å². The molecular formula is C11H15BrO. The van der Waals surface area contributed by atoms with Gasteiger partial charge in [0.05, 0.1) is 6.10 Å². The number of benzene rings is 1. The fourth-order valence-corrected chi connectivity index (χ4v) is 1.36. The van der Waals surface area contributed by atoms with Crippen molar-refractivity contribution in [2.45, 2.75) is 19.4 Å². The maximum atomic E-state index is 5.64. The summed E-state index contributed by atoms with van der Waals surface area (Å²) in [5.74, 6) is 0. The van der Waals surface area contributed by atoms with Crippen molar-refractivity contribution < 1.29 is 4.74 Å². The van der Waals surface area contributed by atoms with E-state index >= 15 is 0 Å². The van der Waals surface area contributed by atoms with E-state index < -0.39 is 0 Å². The molecule has 0 amide bonds. The van der Waals surface area contributed by atoms with Crippen LogP contribution in [0.5, 0.6) is 0 Å². The van der Waals surface area contributed by atoms with Gasteiger partial charge in [-0.3, -0.25) is 0 Å². The minimum Gasteiger partial charge on any atom is -0.374 e. The van der Waals surface area contributed by atoms with E-state index in [1.165, 1.54) is 5.56 Å². The highest BCUT2D eigenvalue weighted by molar-refractivity contribution is 9.09. The lowest BCUT2D eigenvalue weighted by atomic mass is 10.1. The Morgan fingerprint density at radius 3 is 2.62 bits per heavy atom. The van der Waals surface area contributed by atoms with Gasteiger partial charge < -0.3 is 4.74 Å². The zero-order valence-corrected chi connectivity index (χ0v) is 9.46. The van der Waals surface area contributed by atoms with Crippen LogP contribution in [0, 0.1) is 0 Å². The summed E-state index contributed by atoms with van der Waals surface area (Å²) in [5, 5.41) is 1.01. The Labute approximate surface area is 88.2 Å². The van der Waals surface area contributed by atoms with Gasteiger partial charge in [0.2, 0.25) is 0 Å². The van der Waals surface area contributed by atoms with Gasteiger partial charge in [-0.1, -0.05) is 46.3 Å². The maximum Gasteiger partial charge on any atom is 0.0796 e. The fourth-order valence-electron chi connectivity index (χ4n) is 1.13. The van der Waals surface area contributed by atoms with Crippen molar-refractivity contribution in [3.05, 3.63) is 35.9 Å². The van der Waals surface area contributed by atoms with Gasteiger partial charge in [-0.05, 0) is 18.9 Å². The highest BCUT2D eigenvalue weighted by atomic mass is 79.9. The highest BCUT2D eigenvalue weighted by Gasteiger charge is 2.03. The summed E-state index contributed by atoms with van der Waals surface area (Å²) in [7, 11) is 0. The molecule has 0 heterocycles. The zero-order chi connectivity index (χ0) is 9.52. The van der Waals surface area contributed by atoms with Crippen molar-refractivity contribution in [3.63, 3.8) is 0 Å². The predicted molar refractivity (Wildman–Crippen MR) is 59.2 cm³/mol. The minimum atomic E-state index is 0.209. The van der Waals surface area contributed by atoms with Crippen LogP contribution in [-0.4, -0.2) is 11.9 Å². The van der Waals surface area contributed by atoms with Crippen molar-refractivity contribution in [2.75, 3.05) is 11.9 Å². The lowest BCUT2D eigenvalue weighted by molar-refractivity contribution is 0.0669. The first-order valence-corrected chi connectivity index (χ1v) is 5.69. The van der Waals surface area contributed by atoms with Crippen LogP contribution in [-0.2, 0) is 4.74 Å². The molecule has 0 aliphatic heterocycles. The molecule has 0 aromatic heterocycles. The van der Waals surface area contributed by atoms with Gasteiger partial charge in [-0.25, -0.2) is 0 Å². The van der Waals surface area contributed by atoms with Gasteiger partial charge in [-0.15, -0.1) is 0 Å². The molecule has 13 heavy (non-hydrogen) atoms. The maximum absolute atomic E-state index is 5.64. The summed E-state index contributed by atoms with van der Waals surface area (Å²) in [6, 6.07) is 10.3. The van der Waals surface area contributed by atoms with E-state index in [-0.39, 0.29) is 6.10 Å². The topological polar surface area (TPSA) is 9.23 Å². The van der Waals surface area contributed by atoms with E-state index in [1.54, 1.807) is 0 Å². The fraction of sp³-hybridized carbons (Fsp3) is 0.455. The molecule has 1 nitrogen and oxygen atoms in total. The molecule has 1 aromatic rings. The second-order valence-corrected chi connectivity index (χ2v) is 3.76. The van der Waals surface area contributed by atoms with Crippen LogP contribution >= 0.6 is 15.9 Å². The molecule has 0 bridgehead atoms. The molecule has 2 heteroatoms. The molecule has 0 aliphatic rings. The van der Waals surface area contributed by atoms with Gasteiger partial charge in [0.25, 0.3) is 0 Å². The number of ether oxygens (including phenoxy) is 1. The lowest BCUT2D eigenvalue weighted by Crippen LogP contribution is -2.01. The average molecular weight is 243 g/mol. The van der Waals surface area contributed by atoms with E-state index in [0.717, 1.165) is 18.4 Å². The summed E-state index contributed by atoms with van der Waals surface area (Å²) >= 11 is 3.38. The second-order valence-electron chi connectivity index (χ2n) is 2.97. The van der Waals surface area contributed by atoms with Gasteiger partial charge in [0, 0.05) is 11.9 Å². The lowest BCUT2D eigenvalue weighted by Gasteiger charge is -2.12. The Balaban J connectivity index is 2.35. The Bertz CT molecular complexity index is 223. The normalized spacial score (nSPS) is 12.8. The Morgan fingerprint density at radius 2 is 2.00 bits per heavy atom. The number of rotatable bonds is 5. The SMILES string of the molecule is CC(OCCCBr)c1ccccc1. The summed E-state index contributed by atoms with van der Waals surface area (Å²) in [5.41, 5.74) is 1.25. The van der Waals surface area contributed by atoms with Crippen LogP contribution < -0.4 is 0 Å². The van der Waals surface area contributed by atoms with Crippen LogP contribution in [0.4, 0.5) is 0 Å². The molecule has 1 unspecified atom stereocenters. The van der Waals surface area contributed by atoms with Gasteiger partial charge >= 0.3 is 0 Å². The molecule has 72 valence electrons. The summed E-state index contributed by atoms with van der Waals surface area (Å²) in [6.45, 7) is 2.91. The van der Waals surface area contributed by atoms with Crippen LogP contribution in [0.1, 0.15) is 25.0 Å². The first kappa shape index (κ1) is 10.7. The molecule has 0 fully saturated rings. The van der Waals surface area contributed by atoms with Gasteiger partial charge in [-0.2, -0.15) is 0 Å². The first-order chi connectivity index (χ1) is 6.34. The van der Waals surface area contributed by atoms with Crippen molar-refractivity contribution in [3.8, 4) is 0 Å². The number of hydrogen-bond acceptors (Lipinski definition) is 1. The van der Waals surface area contributed by atoms with Crippen molar-refractivity contribution >= 4 is 15.9 Å². The summed E-state index contributed by atoms with van der Waals surface area (Å²) in [4.78, 5) is 0. The minimum absolute atomic E-state index is 0.209. The molecule has 0 spiro atoms. The highest BCUT2D eigenvalue weighted by Crippen LogP contribution is 2.15. The quantitative estimate of drug-likeness (QED) is 0.567. The molecule has 0 aliphatic carbocycles. The number of hydrogen-bond donors (Lipinski definition) is 0. The van der Waals surface area contributed by atoms with E-state index in [1.807, 2.05) is 18.2 Å². The van der Waals surface area contributed by atoms with Crippen LogP contribution in [0.15, 0.2) is 30.3 Å². The van der Waals surface area contributed by atoms with Crippen molar-refractivity contribution in [2.24, 2.45) is 0 Å². The molecular weight excluding hydrogens is 228 g/mol. The van der Waals surface area contributed by atoms with Crippen molar-refractivity contribution in [1.82, 2.24) is 0 Å². The van der Waals surface area contributed by atoms with Gasteiger partial charge in [0.1, 0.15) is 0 Å². The third-order valence-electron chi connectivity index (χ3n) is 1.91. The molecule has 0 N–H and O–H groups in total. The third kappa shape index (κ3) is 3.92. The predicted octanol–water partition coefficient (Wildman–Crippen LogP) is 3.55. The smallest absolute Gasteiger partial charge is 0.0796 e. The van der Waals surface area contributed by atoms with Crippen LogP contribution in [0.25, 0.3) is 0 Å². The molecule has 1 atom stereocenters. The molecule has 0 radical (unpaired) electrons. The first-order valence-electron chi connectivity index (χ1n) is 4.57. The van der Waals surface area contributed by atoms with E-state index in [4.69, 9.17) is 4.74 Å². The zero-order valence-electron chi connectivity index (χ0n) is 7.87. The van der Waals surface area contributed by atoms with Gasteiger partial charge in [0.15, 0.2) is 0 Å². The van der Waals surface area contributed by atoms with Crippen LogP contribution in [0.2, 0.25) is 0 Å². The van der Waals surface area contributed by atoms with Crippen molar-refractivity contribution in [1.29, 1.82) is 0 Å². The Morgan fingerprint density at radius 1 is 1.31 bits per heavy atom. The number of alkyl halides is 1. The summed E-state index contributed by atoms with van der Waals surface area (Å²) in [6.07, 6.45) is 1.28. The molecule has 0 saturated heterocycles. The second kappa shape index (κ2) is 6.17. The standard InChI is InChI=1S/C11H15BrO/c1-10(13-9-5-8-12)11-6-3-2-4-7-11/h2-4,6-7,10H,5,8-9H2,1H3. The molecule has 1 aromatic carbocycles. The average Bonchev–Trinajstić information content (AvgIpc) is 2.19. The molecule has 0 saturated carbocycles. The Hall–Kier alpha value is -0.340.